The van der Waals surface area contributed by atoms with Gasteiger partial charge in [-0.05, 0) is 25.0 Å². The van der Waals surface area contributed by atoms with Crippen LogP contribution in [-0.2, 0) is 4.84 Å². The number of aryl methyl sites for hydroxylation is 2. The van der Waals surface area contributed by atoms with Crippen molar-refractivity contribution in [1.29, 1.82) is 0 Å². The second kappa shape index (κ2) is 4.24. The summed E-state index contributed by atoms with van der Waals surface area (Å²) in [6.07, 6.45) is 0. The Morgan fingerprint density at radius 2 is 1.79 bits per heavy atom. The summed E-state index contributed by atoms with van der Waals surface area (Å²) >= 11 is 0. The molecule has 0 aliphatic rings. The number of carbonyl (C=O) groups is 1. The van der Waals surface area contributed by atoms with E-state index in [0.29, 0.717) is 0 Å². The van der Waals surface area contributed by atoms with Gasteiger partial charge in [0.2, 0.25) is 0 Å². The number of hydroxylamine groups is 2. The van der Waals surface area contributed by atoms with Gasteiger partial charge in [0.05, 0.1) is 7.11 Å². The Morgan fingerprint density at radius 1 is 1.29 bits per heavy atom. The van der Waals surface area contributed by atoms with Crippen molar-refractivity contribution in [3.05, 3.63) is 34.9 Å². The van der Waals surface area contributed by atoms with Gasteiger partial charge in [0.25, 0.3) is 5.91 Å². The summed E-state index contributed by atoms with van der Waals surface area (Å²) in [4.78, 5) is 16.7. The smallest absolute Gasteiger partial charge is 0.274 e. The average molecular weight is 193 g/mol. The van der Waals surface area contributed by atoms with E-state index < -0.39 is 0 Å². The molecule has 0 saturated heterocycles. The molecule has 1 amide bonds. The molecule has 0 fully saturated rings. The molecule has 1 rings (SSSR count). The first kappa shape index (κ1) is 10.7. The minimum atomic E-state index is -0.108. The lowest BCUT2D eigenvalue weighted by atomic mass is 10.0. The van der Waals surface area contributed by atoms with Crippen molar-refractivity contribution in [3.8, 4) is 0 Å². The van der Waals surface area contributed by atoms with Gasteiger partial charge in [-0.15, -0.1) is 0 Å². The molecule has 0 aromatic heterocycles. The summed E-state index contributed by atoms with van der Waals surface area (Å²) in [6, 6.07) is 5.78. The van der Waals surface area contributed by atoms with E-state index in [2.05, 4.69) is 0 Å². The van der Waals surface area contributed by atoms with E-state index >= 15 is 0 Å². The maximum Gasteiger partial charge on any atom is 0.277 e. The maximum atomic E-state index is 11.8. The average Bonchev–Trinajstić information content (AvgIpc) is 2.16. The predicted octanol–water partition coefficient (Wildman–Crippen LogP) is 1.94. The largest absolute Gasteiger partial charge is 0.277 e. The third-order valence-corrected chi connectivity index (χ3v) is 2.25. The number of carbonyl (C=O) groups excluding carboxylic acids is 1. The van der Waals surface area contributed by atoms with Crippen molar-refractivity contribution in [1.82, 2.24) is 5.06 Å². The van der Waals surface area contributed by atoms with E-state index in [1.165, 1.54) is 12.2 Å². The van der Waals surface area contributed by atoms with E-state index in [9.17, 15) is 4.79 Å². The molecule has 3 nitrogen and oxygen atoms in total. The lowest BCUT2D eigenvalue weighted by Gasteiger charge is -2.16. The standard InChI is InChI=1S/C11H15NO2/c1-8-6-5-7-9(2)10(8)11(13)12(3)14-4/h5-7H,1-4H3. The van der Waals surface area contributed by atoms with Gasteiger partial charge in [-0.25, -0.2) is 5.06 Å². The highest BCUT2D eigenvalue weighted by Crippen LogP contribution is 2.15. The van der Waals surface area contributed by atoms with Gasteiger partial charge in [-0.3, -0.25) is 9.63 Å². The summed E-state index contributed by atoms with van der Waals surface area (Å²) in [7, 11) is 3.08. The Kier molecular flexibility index (Phi) is 3.25. The summed E-state index contributed by atoms with van der Waals surface area (Å²) in [5.74, 6) is -0.108. The van der Waals surface area contributed by atoms with Crippen LogP contribution in [0.15, 0.2) is 18.2 Å². The van der Waals surface area contributed by atoms with E-state index in [-0.39, 0.29) is 5.91 Å². The van der Waals surface area contributed by atoms with Gasteiger partial charge in [-0.1, -0.05) is 18.2 Å². The van der Waals surface area contributed by atoms with Crippen LogP contribution in [0.2, 0.25) is 0 Å². The molecule has 0 atom stereocenters. The summed E-state index contributed by atoms with van der Waals surface area (Å²) in [6.45, 7) is 3.84. The Hall–Kier alpha value is -1.35. The quantitative estimate of drug-likeness (QED) is 0.672. The van der Waals surface area contributed by atoms with Crippen LogP contribution >= 0.6 is 0 Å². The Balaban J connectivity index is 3.12. The van der Waals surface area contributed by atoms with Crippen molar-refractivity contribution in [2.75, 3.05) is 14.2 Å². The van der Waals surface area contributed by atoms with Crippen molar-refractivity contribution in [3.63, 3.8) is 0 Å². The van der Waals surface area contributed by atoms with Crippen molar-refractivity contribution in [2.24, 2.45) is 0 Å². The van der Waals surface area contributed by atoms with Crippen molar-refractivity contribution in [2.45, 2.75) is 13.8 Å². The van der Waals surface area contributed by atoms with Gasteiger partial charge < -0.3 is 0 Å². The third kappa shape index (κ3) is 1.93. The number of amides is 1. The van der Waals surface area contributed by atoms with Crippen LogP contribution in [0.25, 0.3) is 0 Å². The minimum Gasteiger partial charge on any atom is -0.274 e. The highest BCUT2D eigenvalue weighted by Gasteiger charge is 2.15. The number of rotatable bonds is 2. The number of hydrogen-bond donors (Lipinski definition) is 0. The van der Waals surface area contributed by atoms with E-state index in [0.717, 1.165) is 16.7 Å². The molecule has 0 saturated carbocycles. The van der Waals surface area contributed by atoms with Crippen LogP contribution in [0.4, 0.5) is 0 Å². The second-order valence-corrected chi connectivity index (χ2v) is 3.25. The molecule has 0 spiro atoms. The highest BCUT2D eigenvalue weighted by molar-refractivity contribution is 5.96. The molecule has 0 radical (unpaired) electrons. The summed E-state index contributed by atoms with van der Waals surface area (Å²) in [5.41, 5.74) is 2.66. The Bertz CT molecular complexity index is 327. The Labute approximate surface area is 84.2 Å². The zero-order chi connectivity index (χ0) is 10.7. The maximum absolute atomic E-state index is 11.8. The van der Waals surface area contributed by atoms with Crippen LogP contribution in [0.5, 0.6) is 0 Å². The zero-order valence-corrected chi connectivity index (χ0v) is 9.00. The molecular formula is C11H15NO2. The first-order chi connectivity index (χ1) is 6.57. The zero-order valence-electron chi connectivity index (χ0n) is 9.00. The number of benzene rings is 1. The SMILES string of the molecule is CON(C)C(=O)c1c(C)cccc1C. The lowest BCUT2D eigenvalue weighted by molar-refractivity contribution is -0.0757. The first-order valence-corrected chi connectivity index (χ1v) is 4.46. The molecule has 0 aliphatic heterocycles. The van der Waals surface area contributed by atoms with Crippen molar-refractivity contribution >= 4 is 5.91 Å². The van der Waals surface area contributed by atoms with Gasteiger partial charge in [0.15, 0.2) is 0 Å². The number of nitrogens with zero attached hydrogens (tertiary/aromatic N) is 1. The molecule has 1 aromatic carbocycles. The topological polar surface area (TPSA) is 29.5 Å². The molecule has 0 bridgehead atoms. The minimum absolute atomic E-state index is 0.108. The van der Waals surface area contributed by atoms with Crippen LogP contribution < -0.4 is 0 Å². The van der Waals surface area contributed by atoms with E-state index in [1.54, 1.807) is 7.05 Å². The van der Waals surface area contributed by atoms with Crippen LogP contribution in [-0.4, -0.2) is 25.1 Å². The molecule has 3 heteroatoms. The van der Waals surface area contributed by atoms with E-state index in [4.69, 9.17) is 4.84 Å². The number of hydrogen-bond acceptors (Lipinski definition) is 2. The fraction of sp³-hybridized carbons (Fsp3) is 0.364. The first-order valence-electron chi connectivity index (χ1n) is 4.46. The molecule has 14 heavy (non-hydrogen) atoms. The fourth-order valence-corrected chi connectivity index (χ4v) is 1.39. The van der Waals surface area contributed by atoms with Gasteiger partial charge >= 0.3 is 0 Å². The molecular weight excluding hydrogens is 178 g/mol. The molecule has 0 aliphatic carbocycles. The van der Waals surface area contributed by atoms with Crippen LogP contribution in [0, 0.1) is 13.8 Å². The summed E-state index contributed by atoms with van der Waals surface area (Å²) in [5, 5.41) is 1.23. The highest BCUT2D eigenvalue weighted by atomic mass is 16.7. The van der Waals surface area contributed by atoms with E-state index in [1.807, 2.05) is 32.0 Å². The molecule has 76 valence electrons. The second-order valence-electron chi connectivity index (χ2n) is 3.25. The van der Waals surface area contributed by atoms with Crippen LogP contribution in [0.1, 0.15) is 21.5 Å². The summed E-state index contributed by atoms with van der Waals surface area (Å²) < 4.78 is 0. The normalized spacial score (nSPS) is 10.0. The van der Waals surface area contributed by atoms with Crippen molar-refractivity contribution < 1.29 is 9.63 Å². The molecule has 0 unspecified atom stereocenters. The van der Waals surface area contributed by atoms with Gasteiger partial charge in [0.1, 0.15) is 0 Å². The van der Waals surface area contributed by atoms with Gasteiger partial charge in [0, 0.05) is 12.6 Å². The molecule has 0 N–H and O–H groups in total. The van der Waals surface area contributed by atoms with Gasteiger partial charge in [-0.2, -0.15) is 0 Å². The predicted molar refractivity (Wildman–Crippen MR) is 55.0 cm³/mol. The fourth-order valence-electron chi connectivity index (χ4n) is 1.39. The third-order valence-electron chi connectivity index (χ3n) is 2.25. The monoisotopic (exact) mass is 193 g/mol. The van der Waals surface area contributed by atoms with Crippen LogP contribution in [0.3, 0.4) is 0 Å². The lowest BCUT2D eigenvalue weighted by Crippen LogP contribution is -2.26. The Morgan fingerprint density at radius 3 is 2.21 bits per heavy atom. The molecule has 1 aromatic rings. The molecule has 0 heterocycles.